The fourth-order valence-electron chi connectivity index (χ4n) is 3.81. The third-order valence-electron chi connectivity index (χ3n) is 5.51. The highest BCUT2D eigenvalue weighted by Gasteiger charge is 2.16. The van der Waals surface area contributed by atoms with Gasteiger partial charge < -0.3 is 15.2 Å². The predicted octanol–water partition coefficient (Wildman–Crippen LogP) is 4.81. The van der Waals surface area contributed by atoms with E-state index in [2.05, 4.69) is 30.8 Å². The van der Waals surface area contributed by atoms with Gasteiger partial charge in [-0.15, -0.1) is 0 Å². The van der Waals surface area contributed by atoms with E-state index in [0.29, 0.717) is 17.3 Å². The Morgan fingerprint density at radius 1 is 1.06 bits per heavy atom. The summed E-state index contributed by atoms with van der Waals surface area (Å²) in [5, 5.41) is 13.3. The molecule has 1 amide bonds. The standard InChI is InChI=1S/C25H22FN7O/c1-15(26)30-25(34)22-11-17-3-4-18(12-21(17)33(22)2)24-27-10-9-23(32-24)31-20-7-5-16(6-8-20)19-13-28-29-14-19/h3-15H,1-2H3,(H,28,29)(H,30,34)(H,27,31,32). The normalized spacial score (nSPS) is 12.0. The van der Waals surface area contributed by atoms with Gasteiger partial charge in [-0.3, -0.25) is 9.89 Å². The van der Waals surface area contributed by atoms with Crippen LogP contribution in [0.4, 0.5) is 15.9 Å². The van der Waals surface area contributed by atoms with Crippen molar-refractivity contribution in [2.24, 2.45) is 7.05 Å². The van der Waals surface area contributed by atoms with Crippen molar-refractivity contribution in [3.8, 4) is 22.5 Å². The van der Waals surface area contributed by atoms with Gasteiger partial charge in [0, 0.05) is 47.2 Å². The number of aryl methyl sites for hydroxylation is 1. The summed E-state index contributed by atoms with van der Waals surface area (Å²) in [6.07, 6.45) is 3.90. The van der Waals surface area contributed by atoms with E-state index in [9.17, 15) is 9.18 Å². The molecule has 34 heavy (non-hydrogen) atoms. The van der Waals surface area contributed by atoms with E-state index in [1.165, 1.54) is 6.92 Å². The van der Waals surface area contributed by atoms with Crippen LogP contribution in [0, 0.1) is 0 Å². The van der Waals surface area contributed by atoms with Crippen LogP contribution in [0.1, 0.15) is 17.4 Å². The van der Waals surface area contributed by atoms with Crippen LogP contribution in [-0.4, -0.2) is 36.9 Å². The fourth-order valence-corrected chi connectivity index (χ4v) is 3.81. The molecule has 0 aliphatic heterocycles. The first kappa shape index (κ1) is 21.3. The highest BCUT2D eigenvalue weighted by Crippen LogP contribution is 2.26. The molecule has 1 unspecified atom stereocenters. The average Bonchev–Trinajstić information content (AvgIpc) is 3.48. The number of halogens is 1. The number of rotatable bonds is 6. The van der Waals surface area contributed by atoms with Gasteiger partial charge in [0.25, 0.3) is 5.91 Å². The van der Waals surface area contributed by atoms with E-state index in [1.54, 1.807) is 36.1 Å². The molecule has 0 bridgehead atoms. The summed E-state index contributed by atoms with van der Waals surface area (Å²) >= 11 is 0. The topological polar surface area (TPSA) is 101 Å². The van der Waals surface area contributed by atoms with E-state index < -0.39 is 12.2 Å². The van der Waals surface area contributed by atoms with E-state index >= 15 is 0 Å². The van der Waals surface area contributed by atoms with Crippen molar-refractivity contribution >= 4 is 28.3 Å². The predicted molar refractivity (Wildman–Crippen MR) is 129 cm³/mol. The van der Waals surface area contributed by atoms with Gasteiger partial charge in [0.15, 0.2) is 12.1 Å². The second-order valence-corrected chi connectivity index (χ2v) is 7.91. The molecule has 3 aromatic heterocycles. The lowest BCUT2D eigenvalue weighted by molar-refractivity contribution is 0.0896. The van der Waals surface area contributed by atoms with E-state index in [1.807, 2.05) is 48.7 Å². The summed E-state index contributed by atoms with van der Waals surface area (Å²) in [5.41, 5.74) is 4.99. The second kappa shape index (κ2) is 8.78. The molecule has 0 radical (unpaired) electrons. The number of benzene rings is 2. The first-order valence-electron chi connectivity index (χ1n) is 10.7. The molecule has 5 aromatic rings. The van der Waals surface area contributed by atoms with Crippen molar-refractivity contribution in [2.45, 2.75) is 13.2 Å². The summed E-state index contributed by atoms with van der Waals surface area (Å²) in [6.45, 7) is 1.28. The molecule has 0 fully saturated rings. The number of alkyl halides is 1. The lowest BCUT2D eigenvalue weighted by Gasteiger charge is -2.09. The van der Waals surface area contributed by atoms with Gasteiger partial charge in [-0.25, -0.2) is 14.4 Å². The van der Waals surface area contributed by atoms with Gasteiger partial charge >= 0.3 is 0 Å². The van der Waals surface area contributed by atoms with Crippen LogP contribution in [0.5, 0.6) is 0 Å². The number of nitrogens with zero attached hydrogens (tertiary/aromatic N) is 4. The third kappa shape index (κ3) is 4.23. The van der Waals surface area contributed by atoms with E-state index in [4.69, 9.17) is 0 Å². The monoisotopic (exact) mass is 455 g/mol. The number of anilines is 2. The number of aromatic nitrogens is 5. The molecule has 0 aliphatic carbocycles. The first-order valence-corrected chi connectivity index (χ1v) is 10.7. The third-order valence-corrected chi connectivity index (χ3v) is 5.51. The molecule has 0 saturated carbocycles. The molecule has 8 nitrogen and oxygen atoms in total. The first-order chi connectivity index (χ1) is 16.5. The minimum absolute atomic E-state index is 0.381. The maximum atomic E-state index is 13.2. The summed E-state index contributed by atoms with van der Waals surface area (Å²) < 4.78 is 15.0. The number of hydrogen-bond acceptors (Lipinski definition) is 5. The Balaban J connectivity index is 1.40. The maximum Gasteiger partial charge on any atom is 0.270 e. The van der Waals surface area contributed by atoms with Crippen molar-refractivity contribution in [1.29, 1.82) is 0 Å². The van der Waals surface area contributed by atoms with Crippen LogP contribution in [0.25, 0.3) is 33.4 Å². The SMILES string of the molecule is CC(F)NC(=O)c1cc2ccc(-c3nccc(Nc4ccc(-c5cn[nH]c5)cc4)n3)cc2n1C. The number of carbonyl (C=O) groups is 1. The van der Waals surface area contributed by atoms with Gasteiger partial charge in [0.2, 0.25) is 0 Å². The number of fused-ring (bicyclic) bond motifs is 1. The number of aromatic amines is 1. The van der Waals surface area contributed by atoms with Crippen LogP contribution in [-0.2, 0) is 7.05 Å². The molecule has 9 heteroatoms. The quantitative estimate of drug-likeness (QED) is 0.319. The zero-order valence-corrected chi connectivity index (χ0v) is 18.6. The second-order valence-electron chi connectivity index (χ2n) is 7.91. The highest BCUT2D eigenvalue weighted by molar-refractivity contribution is 5.99. The molecule has 2 aromatic carbocycles. The minimum Gasteiger partial charge on any atom is -0.340 e. The Morgan fingerprint density at radius 3 is 2.59 bits per heavy atom. The van der Waals surface area contributed by atoms with Crippen molar-refractivity contribution in [1.82, 2.24) is 30.0 Å². The number of carbonyl (C=O) groups excluding carboxylic acids is 1. The largest absolute Gasteiger partial charge is 0.340 e. The smallest absolute Gasteiger partial charge is 0.270 e. The number of nitrogens with one attached hydrogen (secondary N) is 3. The molecule has 0 spiro atoms. The maximum absolute atomic E-state index is 13.2. The lowest BCUT2D eigenvalue weighted by atomic mass is 10.1. The Labute approximate surface area is 194 Å². The molecule has 3 N–H and O–H groups in total. The van der Waals surface area contributed by atoms with Gasteiger partial charge in [-0.2, -0.15) is 5.10 Å². The van der Waals surface area contributed by atoms with Gasteiger partial charge in [0.1, 0.15) is 11.5 Å². The van der Waals surface area contributed by atoms with E-state index in [-0.39, 0.29) is 0 Å². The minimum atomic E-state index is -1.42. The molecular formula is C25H22FN7O. The van der Waals surface area contributed by atoms with Crippen LogP contribution in [0.3, 0.4) is 0 Å². The fraction of sp³-hybridized carbons (Fsp3) is 0.120. The lowest BCUT2D eigenvalue weighted by Crippen LogP contribution is -2.30. The Bertz CT molecular complexity index is 1460. The number of H-pyrrole nitrogens is 1. The van der Waals surface area contributed by atoms with Crippen molar-refractivity contribution in [3.63, 3.8) is 0 Å². The molecule has 170 valence electrons. The van der Waals surface area contributed by atoms with E-state index in [0.717, 1.165) is 33.3 Å². The Hall–Kier alpha value is -4.53. The summed E-state index contributed by atoms with van der Waals surface area (Å²) in [6, 6.07) is 17.2. The number of hydrogen-bond donors (Lipinski definition) is 3. The zero-order chi connectivity index (χ0) is 23.7. The summed E-state index contributed by atoms with van der Waals surface area (Å²) in [4.78, 5) is 21.4. The van der Waals surface area contributed by atoms with Crippen molar-refractivity contribution < 1.29 is 9.18 Å². The summed E-state index contributed by atoms with van der Waals surface area (Å²) in [5.74, 6) is 0.744. The van der Waals surface area contributed by atoms with Crippen LogP contribution >= 0.6 is 0 Å². The van der Waals surface area contributed by atoms with Gasteiger partial charge in [-0.1, -0.05) is 24.3 Å². The van der Waals surface area contributed by atoms with Crippen LogP contribution < -0.4 is 10.6 Å². The average molecular weight is 455 g/mol. The molecule has 3 heterocycles. The van der Waals surface area contributed by atoms with Gasteiger partial charge in [0.05, 0.1) is 6.20 Å². The zero-order valence-electron chi connectivity index (χ0n) is 18.6. The Kier molecular flexibility index (Phi) is 5.51. The molecule has 0 aliphatic rings. The number of amides is 1. The van der Waals surface area contributed by atoms with Crippen LogP contribution in [0.15, 0.2) is 73.2 Å². The molecule has 1 atom stereocenters. The highest BCUT2D eigenvalue weighted by atomic mass is 19.1. The van der Waals surface area contributed by atoms with Crippen molar-refractivity contribution in [2.75, 3.05) is 5.32 Å². The molecule has 0 saturated heterocycles. The summed E-state index contributed by atoms with van der Waals surface area (Å²) in [7, 11) is 1.77. The molecular weight excluding hydrogens is 433 g/mol. The Morgan fingerprint density at radius 2 is 1.85 bits per heavy atom. The van der Waals surface area contributed by atoms with Gasteiger partial charge in [-0.05, 0) is 42.8 Å². The van der Waals surface area contributed by atoms with Crippen molar-refractivity contribution in [3.05, 3.63) is 78.9 Å². The van der Waals surface area contributed by atoms with Crippen LogP contribution in [0.2, 0.25) is 0 Å². The molecule has 5 rings (SSSR count).